The maximum atomic E-state index is 12.8. The first-order chi connectivity index (χ1) is 11.8. The molecule has 1 amide bonds. The van der Waals surface area contributed by atoms with E-state index in [1.807, 2.05) is 17.0 Å². The van der Waals surface area contributed by atoms with Crippen LogP contribution < -0.4 is 15.1 Å². The third kappa shape index (κ3) is 2.89. The first-order valence-electron chi connectivity index (χ1n) is 8.73. The van der Waals surface area contributed by atoms with Crippen molar-refractivity contribution in [1.29, 1.82) is 0 Å². The molecule has 0 spiro atoms. The second-order valence-electron chi connectivity index (χ2n) is 6.59. The molecule has 0 aliphatic carbocycles. The van der Waals surface area contributed by atoms with E-state index in [-0.39, 0.29) is 11.8 Å². The number of hydrogen-bond acceptors (Lipinski definition) is 3. The Morgan fingerprint density at radius 3 is 2.38 bits per heavy atom. The molecule has 0 atom stereocenters. The minimum absolute atomic E-state index is 0.138. The van der Waals surface area contributed by atoms with Crippen LogP contribution in [0.1, 0.15) is 12.0 Å². The van der Waals surface area contributed by atoms with E-state index in [4.69, 9.17) is 0 Å². The van der Waals surface area contributed by atoms with Gasteiger partial charge in [0.1, 0.15) is 0 Å². The van der Waals surface area contributed by atoms with Crippen molar-refractivity contribution in [2.45, 2.75) is 13.0 Å². The molecule has 4 heteroatoms. The van der Waals surface area contributed by atoms with Crippen LogP contribution >= 0.6 is 0 Å². The molecule has 2 aliphatic heterocycles. The Bertz CT molecular complexity index is 712. The monoisotopic (exact) mass is 321 g/mol. The van der Waals surface area contributed by atoms with Gasteiger partial charge in [0.05, 0.1) is 17.3 Å². The minimum atomic E-state index is 0.138. The standard InChI is InChI=1S/C20H23N3O/c24-20(17-13-21-14-17)23-12-6-11-22(15-16-7-2-1-3-8-16)18-9-4-5-10-19(18)23/h1-5,7-10,17,21H,6,11-15H2. The van der Waals surface area contributed by atoms with Crippen molar-refractivity contribution in [2.24, 2.45) is 5.92 Å². The van der Waals surface area contributed by atoms with Gasteiger partial charge >= 0.3 is 0 Å². The van der Waals surface area contributed by atoms with Gasteiger partial charge < -0.3 is 15.1 Å². The van der Waals surface area contributed by atoms with Crippen molar-refractivity contribution in [2.75, 3.05) is 36.0 Å². The molecule has 124 valence electrons. The fourth-order valence-corrected chi connectivity index (χ4v) is 3.50. The number of hydrogen-bond donors (Lipinski definition) is 1. The van der Waals surface area contributed by atoms with Crippen LogP contribution in [-0.2, 0) is 11.3 Å². The summed E-state index contributed by atoms with van der Waals surface area (Å²) >= 11 is 0. The molecule has 4 rings (SSSR count). The van der Waals surface area contributed by atoms with Crippen LogP contribution in [0.15, 0.2) is 54.6 Å². The molecule has 1 N–H and O–H groups in total. The predicted molar refractivity (Wildman–Crippen MR) is 97.3 cm³/mol. The third-order valence-electron chi connectivity index (χ3n) is 4.94. The summed E-state index contributed by atoms with van der Waals surface area (Å²) < 4.78 is 0. The molecule has 2 aromatic rings. The van der Waals surface area contributed by atoms with Gasteiger partial charge in [-0.15, -0.1) is 0 Å². The quantitative estimate of drug-likeness (QED) is 0.944. The number of nitrogens with one attached hydrogen (secondary N) is 1. The number of fused-ring (bicyclic) bond motifs is 1. The van der Waals surface area contributed by atoms with Gasteiger partial charge in [-0.2, -0.15) is 0 Å². The minimum Gasteiger partial charge on any atom is -0.365 e. The average molecular weight is 321 g/mol. The van der Waals surface area contributed by atoms with Gasteiger partial charge in [0.2, 0.25) is 5.91 Å². The Hall–Kier alpha value is -2.33. The van der Waals surface area contributed by atoms with Crippen LogP contribution in [0.5, 0.6) is 0 Å². The predicted octanol–water partition coefficient (Wildman–Crippen LogP) is 2.65. The van der Waals surface area contributed by atoms with Gasteiger partial charge in [-0.05, 0) is 24.1 Å². The largest absolute Gasteiger partial charge is 0.365 e. The van der Waals surface area contributed by atoms with Crippen molar-refractivity contribution in [3.8, 4) is 0 Å². The summed E-state index contributed by atoms with van der Waals surface area (Å²) in [5, 5.41) is 3.20. The molecule has 0 aromatic heterocycles. The Kier molecular flexibility index (Phi) is 4.22. The fraction of sp³-hybridized carbons (Fsp3) is 0.350. The van der Waals surface area contributed by atoms with E-state index in [1.54, 1.807) is 0 Å². The molecule has 2 aliphatic rings. The number of anilines is 2. The lowest BCUT2D eigenvalue weighted by Gasteiger charge is -2.33. The highest BCUT2D eigenvalue weighted by molar-refractivity contribution is 5.99. The zero-order chi connectivity index (χ0) is 16.4. The van der Waals surface area contributed by atoms with Crippen LogP contribution in [0.4, 0.5) is 11.4 Å². The summed E-state index contributed by atoms with van der Waals surface area (Å²) in [7, 11) is 0. The third-order valence-corrected chi connectivity index (χ3v) is 4.94. The summed E-state index contributed by atoms with van der Waals surface area (Å²) in [4.78, 5) is 17.2. The van der Waals surface area contributed by atoms with Crippen LogP contribution in [0, 0.1) is 5.92 Å². The number of carbonyl (C=O) groups is 1. The number of benzene rings is 2. The highest BCUT2D eigenvalue weighted by Gasteiger charge is 2.32. The van der Waals surface area contributed by atoms with Crippen molar-refractivity contribution in [3.05, 3.63) is 60.2 Å². The van der Waals surface area contributed by atoms with Crippen molar-refractivity contribution in [3.63, 3.8) is 0 Å². The topological polar surface area (TPSA) is 35.6 Å². The summed E-state index contributed by atoms with van der Waals surface area (Å²) in [6.07, 6.45) is 0.993. The Morgan fingerprint density at radius 1 is 0.958 bits per heavy atom. The SMILES string of the molecule is O=C(C1CNC1)N1CCCN(Cc2ccccc2)c2ccccc21. The Balaban J connectivity index is 1.63. The van der Waals surface area contributed by atoms with Crippen molar-refractivity contribution < 1.29 is 4.79 Å². The second-order valence-corrected chi connectivity index (χ2v) is 6.59. The summed E-state index contributed by atoms with van der Waals surface area (Å²) in [5.74, 6) is 0.404. The molecule has 24 heavy (non-hydrogen) atoms. The van der Waals surface area contributed by atoms with Crippen molar-refractivity contribution in [1.82, 2.24) is 5.32 Å². The van der Waals surface area contributed by atoms with E-state index in [9.17, 15) is 4.79 Å². The van der Waals surface area contributed by atoms with Crippen LogP contribution in [0.25, 0.3) is 0 Å². The zero-order valence-electron chi connectivity index (χ0n) is 13.8. The average Bonchev–Trinajstić information content (AvgIpc) is 2.74. The molecular weight excluding hydrogens is 298 g/mol. The summed E-state index contributed by atoms with van der Waals surface area (Å²) in [6, 6.07) is 18.9. The number of nitrogens with zero attached hydrogens (tertiary/aromatic N) is 2. The molecule has 0 radical (unpaired) electrons. The number of para-hydroxylation sites is 2. The number of carbonyl (C=O) groups excluding carboxylic acids is 1. The molecule has 0 saturated carbocycles. The molecule has 2 aromatic carbocycles. The van der Waals surface area contributed by atoms with E-state index in [1.165, 1.54) is 11.3 Å². The first-order valence-corrected chi connectivity index (χ1v) is 8.73. The Morgan fingerprint density at radius 2 is 1.67 bits per heavy atom. The molecule has 1 fully saturated rings. The lowest BCUT2D eigenvalue weighted by atomic mass is 10.0. The summed E-state index contributed by atoms with van der Waals surface area (Å²) in [6.45, 7) is 4.28. The van der Waals surface area contributed by atoms with Crippen molar-refractivity contribution >= 4 is 17.3 Å². The van der Waals surface area contributed by atoms with Crippen LogP contribution in [0.3, 0.4) is 0 Å². The van der Waals surface area contributed by atoms with E-state index in [2.05, 4.69) is 52.7 Å². The van der Waals surface area contributed by atoms with Gasteiger partial charge in [0, 0.05) is 32.7 Å². The van der Waals surface area contributed by atoms with Gasteiger partial charge in [-0.3, -0.25) is 4.79 Å². The smallest absolute Gasteiger partial charge is 0.232 e. The molecule has 1 saturated heterocycles. The molecule has 0 unspecified atom stereocenters. The van der Waals surface area contributed by atoms with Gasteiger partial charge in [0.25, 0.3) is 0 Å². The molecule has 4 nitrogen and oxygen atoms in total. The first kappa shape index (κ1) is 15.2. The highest BCUT2D eigenvalue weighted by atomic mass is 16.2. The maximum absolute atomic E-state index is 12.8. The number of rotatable bonds is 3. The number of amides is 1. The highest BCUT2D eigenvalue weighted by Crippen LogP contribution is 2.34. The molecular formula is C20H23N3O. The fourth-order valence-electron chi connectivity index (χ4n) is 3.50. The van der Waals surface area contributed by atoms with E-state index >= 15 is 0 Å². The summed E-state index contributed by atoms with van der Waals surface area (Å²) in [5.41, 5.74) is 3.53. The normalized spacial score (nSPS) is 17.8. The van der Waals surface area contributed by atoms with Gasteiger partial charge in [-0.25, -0.2) is 0 Å². The van der Waals surface area contributed by atoms with Crippen LogP contribution in [-0.4, -0.2) is 32.1 Å². The maximum Gasteiger partial charge on any atom is 0.232 e. The van der Waals surface area contributed by atoms with Gasteiger partial charge in [0.15, 0.2) is 0 Å². The lowest BCUT2D eigenvalue weighted by molar-refractivity contribution is -0.123. The molecule has 2 heterocycles. The molecule has 0 bridgehead atoms. The van der Waals surface area contributed by atoms with E-state index in [0.717, 1.165) is 44.8 Å². The van der Waals surface area contributed by atoms with Gasteiger partial charge in [-0.1, -0.05) is 42.5 Å². The van der Waals surface area contributed by atoms with E-state index < -0.39 is 0 Å². The second kappa shape index (κ2) is 6.65. The van der Waals surface area contributed by atoms with E-state index in [0.29, 0.717) is 0 Å². The van der Waals surface area contributed by atoms with Crippen LogP contribution in [0.2, 0.25) is 0 Å². The Labute approximate surface area is 143 Å². The lowest BCUT2D eigenvalue weighted by Crippen LogP contribution is -2.52. The zero-order valence-corrected chi connectivity index (χ0v) is 13.8.